The molecule has 3 N–H and O–H groups in total. The predicted molar refractivity (Wildman–Crippen MR) is 135 cm³/mol. The number of aromatic amines is 1. The van der Waals surface area contributed by atoms with E-state index in [0.717, 1.165) is 11.1 Å². The number of halogens is 1. The monoisotopic (exact) mass is 513 g/mol. The van der Waals surface area contributed by atoms with Crippen LogP contribution >= 0.6 is 11.6 Å². The van der Waals surface area contributed by atoms with Gasteiger partial charge in [-0.3, -0.25) is 19.1 Å². The van der Waals surface area contributed by atoms with E-state index < -0.39 is 41.7 Å². The molecule has 4 atom stereocenters. The number of rotatable bonds is 8. The molecule has 0 aliphatic carbocycles. The maximum atomic E-state index is 12.6. The van der Waals surface area contributed by atoms with E-state index in [9.17, 15) is 19.5 Å². The van der Waals surface area contributed by atoms with Gasteiger partial charge in [0.2, 0.25) is 0 Å². The van der Waals surface area contributed by atoms with Gasteiger partial charge in [-0.05, 0) is 36.6 Å². The molecule has 0 saturated carbocycles. The molecule has 3 aromatic rings. The smallest absolute Gasteiger partial charge is 0.330 e. The summed E-state index contributed by atoms with van der Waals surface area (Å²) in [5.74, 6) is -0.0349. The van der Waals surface area contributed by atoms with Crippen molar-refractivity contribution in [1.29, 1.82) is 0 Å². The van der Waals surface area contributed by atoms with E-state index in [-0.39, 0.29) is 13.0 Å². The molecule has 0 spiro atoms. The Morgan fingerprint density at radius 3 is 2.69 bits per heavy atom. The first-order valence-electron chi connectivity index (χ1n) is 11.7. The van der Waals surface area contributed by atoms with E-state index in [4.69, 9.17) is 21.1 Å². The molecule has 190 valence electrons. The SMILES string of the molecule is CCc1cn([C@H]2C[C@H](O)[C@@H](CNC(=O)C(C)Oc3ccc(-c4ccccc4)cc3Cl)O2)c(=O)[nH]c1=O. The first-order chi connectivity index (χ1) is 17.3. The Morgan fingerprint density at radius 1 is 1.25 bits per heavy atom. The van der Waals surface area contributed by atoms with Gasteiger partial charge in [-0.15, -0.1) is 0 Å². The minimum atomic E-state index is -0.907. The second-order valence-corrected chi connectivity index (χ2v) is 9.03. The number of nitrogens with one attached hydrogen (secondary N) is 2. The van der Waals surface area contributed by atoms with Crippen LogP contribution in [0.2, 0.25) is 5.02 Å². The van der Waals surface area contributed by atoms with Crippen LogP contribution in [0.3, 0.4) is 0 Å². The Bertz CT molecular complexity index is 1340. The number of ether oxygens (including phenoxy) is 2. The number of hydrogen-bond acceptors (Lipinski definition) is 6. The molecule has 0 bridgehead atoms. The number of carbonyl (C=O) groups excluding carboxylic acids is 1. The standard InChI is InChI=1S/C26H28ClN3O6/c1-3-16-14-30(26(34)29-25(16)33)23-12-20(31)22(36-23)13-28-24(32)15(2)35-21-10-9-18(11-19(21)27)17-7-5-4-6-8-17/h4-11,14-15,20,22-23,31H,3,12-13H2,1-2H3,(H,28,32)(H,29,33,34)/t15?,20-,22+,23+/m0/s1. The first kappa shape index (κ1) is 25.7. The van der Waals surface area contributed by atoms with Gasteiger partial charge in [0.25, 0.3) is 11.5 Å². The summed E-state index contributed by atoms with van der Waals surface area (Å²) in [6.07, 6.45) is -1.21. The fraction of sp³-hybridized carbons (Fsp3) is 0.346. The highest BCUT2D eigenvalue weighted by Gasteiger charge is 2.36. The van der Waals surface area contributed by atoms with Crippen molar-refractivity contribution >= 4 is 17.5 Å². The molecule has 0 radical (unpaired) electrons. The third kappa shape index (κ3) is 5.70. The molecular formula is C26H28ClN3O6. The number of benzene rings is 2. The zero-order valence-electron chi connectivity index (χ0n) is 19.9. The van der Waals surface area contributed by atoms with E-state index in [2.05, 4.69) is 10.3 Å². The van der Waals surface area contributed by atoms with Gasteiger partial charge >= 0.3 is 5.69 Å². The average molecular weight is 514 g/mol. The molecule has 1 unspecified atom stereocenters. The number of aryl methyl sites for hydroxylation is 1. The van der Waals surface area contributed by atoms with Crippen LogP contribution in [-0.4, -0.2) is 45.4 Å². The summed E-state index contributed by atoms with van der Waals surface area (Å²) in [4.78, 5) is 38.9. The Morgan fingerprint density at radius 2 is 2.00 bits per heavy atom. The third-order valence-corrected chi connectivity index (χ3v) is 6.42. The number of aromatic nitrogens is 2. The number of H-pyrrole nitrogens is 1. The van der Waals surface area contributed by atoms with Crippen molar-refractivity contribution in [3.8, 4) is 16.9 Å². The normalized spacial score (nSPS) is 20.2. The van der Waals surface area contributed by atoms with Crippen LogP contribution in [0.25, 0.3) is 11.1 Å². The van der Waals surface area contributed by atoms with Crippen molar-refractivity contribution in [1.82, 2.24) is 14.9 Å². The highest BCUT2D eigenvalue weighted by molar-refractivity contribution is 6.32. The van der Waals surface area contributed by atoms with E-state index in [1.807, 2.05) is 36.4 Å². The maximum Gasteiger partial charge on any atom is 0.330 e. The van der Waals surface area contributed by atoms with Crippen LogP contribution in [-0.2, 0) is 16.0 Å². The molecule has 1 fully saturated rings. The molecular weight excluding hydrogens is 486 g/mol. The molecule has 4 rings (SSSR count). The summed E-state index contributed by atoms with van der Waals surface area (Å²) in [6, 6.07) is 15.1. The van der Waals surface area contributed by atoms with Crippen LogP contribution in [0.1, 0.15) is 32.1 Å². The summed E-state index contributed by atoms with van der Waals surface area (Å²) in [5.41, 5.74) is 1.33. The molecule has 10 heteroatoms. The van der Waals surface area contributed by atoms with Gasteiger partial charge < -0.3 is 19.9 Å². The second-order valence-electron chi connectivity index (χ2n) is 8.62. The third-order valence-electron chi connectivity index (χ3n) is 6.13. The Kier molecular flexibility index (Phi) is 7.93. The lowest BCUT2D eigenvalue weighted by Gasteiger charge is -2.19. The van der Waals surface area contributed by atoms with Gasteiger partial charge in [0.05, 0.1) is 11.1 Å². The number of carbonyl (C=O) groups is 1. The fourth-order valence-electron chi connectivity index (χ4n) is 4.06. The van der Waals surface area contributed by atoms with Crippen molar-refractivity contribution < 1.29 is 19.4 Å². The highest BCUT2D eigenvalue weighted by Crippen LogP contribution is 2.31. The van der Waals surface area contributed by atoms with Gasteiger partial charge in [0.15, 0.2) is 6.10 Å². The Labute approximate surface area is 212 Å². The number of nitrogens with zero attached hydrogens (tertiary/aromatic N) is 1. The predicted octanol–water partition coefficient (Wildman–Crippen LogP) is 2.65. The Balaban J connectivity index is 1.34. The van der Waals surface area contributed by atoms with Crippen LogP contribution in [0, 0.1) is 0 Å². The maximum absolute atomic E-state index is 12.6. The highest BCUT2D eigenvalue weighted by atomic mass is 35.5. The van der Waals surface area contributed by atoms with E-state index in [1.54, 1.807) is 26.0 Å². The van der Waals surface area contributed by atoms with Gasteiger partial charge in [-0.25, -0.2) is 4.79 Å². The van der Waals surface area contributed by atoms with E-state index in [0.29, 0.717) is 22.8 Å². The van der Waals surface area contributed by atoms with Crippen LogP contribution in [0.4, 0.5) is 0 Å². The van der Waals surface area contributed by atoms with Crippen molar-refractivity contribution in [2.75, 3.05) is 6.54 Å². The lowest BCUT2D eigenvalue weighted by molar-refractivity contribution is -0.128. The lowest BCUT2D eigenvalue weighted by Crippen LogP contribution is -2.42. The van der Waals surface area contributed by atoms with Crippen molar-refractivity contribution in [3.05, 3.63) is 86.2 Å². The number of aliphatic hydroxyl groups is 1. The zero-order valence-corrected chi connectivity index (χ0v) is 20.7. The Hall–Kier alpha value is -3.40. The molecule has 1 saturated heterocycles. The molecule has 1 amide bonds. The summed E-state index contributed by atoms with van der Waals surface area (Å²) in [7, 11) is 0. The quantitative estimate of drug-likeness (QED) is 0.425. The summed E-state index contributed by atoms with van der Waals surface area (Å²) in [6.45, 7) is 3.41. The largest absolute Gasteiger partial charge is 0.479 e. The average Bonchev–Trinajstić information content (AvgIpc) is 3.24. The molecule has 2 aromatic carbocycles. The summed E-state index contributed by atoms with van der Waals surface area (Å²) >= 11 is 6.39. The van der Waals surface area contributed by atoms with E-state index >= 15 is 0 Å². The topological polar surface area (TPSA) is 123 Å². The van der Waals surface area contributed by atoms with Gasteiger partial charge in [-0.1, -0.05) is 54.9 Å². The fourth-order valence-corrected chi connectivity index (χ4v) is 4.28. The number of hydrogen-bond donors (Lipinski definition) is 3. The molecule has 1 aromatic heterocycles. The minimum absolute atomic E-state index is 0.0175. The molecule has 1 aliphatic heterocycles. The van der Waals surface area contributed by atoms with Crippen LogP contribution in [0.15, 0.2) is 64.3 Å². The van der Waals surface area contributed by atoms with Crippen LogP contribution in [0.5, 0.6) is 5.75 Å². The molecule has 2 heterocycles. The van der Waals surface area contributed by atoms with Crippen molar-refractivity contribution in [3.63, 3.8) is 0 Å². The number of amides is 1. The van der Waals surface area contributed by atoms with Gasteiger partial charge in [0, 0.05) is 24.7 Å². The van der Waals surface area contributed by atoms with E-state index in [1.165, 1.54) is 10.8 Å². The summed E-state index contributed by atoms with van der Waals surface area (Å²) in [5, 5.41) is 13.5. The van der Waals surface area contributed by atoms with Gasteiger partial charge in [0.1, 0.15) is 18.1 Å². The second kappa shape index (κ2) is 11.1. The van der Waals surface area contributed by atoms with Crippen molar-refractivity contribution in [2.24, 2.45) is 0 Å². The van der Waals surface area contributed by atoms with Gasteiger partial charge in [-0.2, -0.15) is 0 Å². The molecule has 9 nitrogen and oxygen atoms in total. The summed E-state index contributed by atoms with van der Waals surface area (Å²) < 4.78 is 12.8. The van der Waals surface area contributed by atoms with Crippen molar-refractivity contribution in [2.45, 2.75) is 51.2 Å². The number of aliphatic hydroxyl groups excluding tert-OH is 1. The lowest BCUT2D eigenvalue weighted by atomic mass is 10.1. The first-order valence-corrected chi connectivity index (χ1v) is 12.1. The van der Waals surface area contributed by atoms with Crippen LogP contribution < -0.4 is 21.3 Å². The molecule has 36 heavy (non-hydrogen) atoms. The minimum Gasteiger partial charge on any atom is -0.479 e. The molecule has 1 aliphatic rings. The zero-order chi connectivity index (χ0) is 25.8.